The van der Waals surface area contributed by atoms with Crippen LogP contribution in [0.25, 0.3) is 10.1 Å². The summed E-state index contributed by atoms with van der Waals surface area (Å²) in [5, 5.41) is 10.6. The maximum Gasteiger partial charge on any atom is 0.266 e. The van der Waals surface area contributed by atoms with E-state index >= 15 is 0 Å². The van der Waals surface area contributed by atoms with Crippen LogP contribution in [0.2, 0.25) is 0 Å². The first-order chi connectivity index (χ1) is 9.99. The van der Waals surface area contributed by atoms with Gasteiger partial charge in [-0.25, -0.2) is 0 Å². The monoisotopic (exact) mass is 304 g/mol. The number of aliphatic hydroxyl groups is 1. The number of anilines is 1. The molecule has 0 bridgehead atoms. The molecular weight excluding hydrogens is 284 g/mol. The highest BCUT2D eigenvalue weighted by Crippen LogP contribution is 2.37. The molecule has 1 aromatic carbocycles. The number of hydrogen-bond donors (Lipinski definition) is 2. The number of thiophene rings is 1. The van der Waals surface area contributed by atoms with Gasteiger partial charge in [0.05, 0.1) is 11.8 Å². The fraction of sp³-hybridized carbons (Fsp3) is 0.438. The molecule has 1 aliphatic rings. The van der Waals surface area contributed by atoms with E-state index in [1.54, 1.807) is 6.92 Å². The summed E-state index contributed by atoms with van der Waals surface area (Å²) in [6.45, 7) is 5.13. The van der Waals surface area contributed by atoms with E-state index in [-0.39, 0.29) is 17.9 Å². The number of likely N-dealkylation sites (tertiary alicyclic amines) is 1. The fourth-order valence-electron chi connectivity index (χ4n) is 2.95. The predicted octanol–water partition coefficient (Wildman–Crippen LogP) is 2.63. The maximum absolute atomic E-state index is 12.7. The third-order valence-electron chi connectivity index (χ3n) is 4.34. The molecule has 112 valence electrons. The summed E-state index contributed by atoms with van der Waals surface area (Å²) in [6, 6.07) is 5.97. The van der Waals surface area contributed by atoms with Crippen molar-refractivity contribution in [2.24, 2.45) is 5.92 Å². The molecule has 1 saturated heterocycles. The van der Waals surface area contributed by atoms with Crippen LogP contribution in [0.5, 0.6) is 0 Å². The smallest absolute Gasteiger partial charge is 0.266 e. The first kappa shape index (κ1) is 14.4. The summed E-state index contributed by atoms with van der Waals surface area (Å²) in [7, 11) is 0. The van der Waals surface area contributed by atoms with Crippen molar-refractivity contribution in [2.45, 2.75) is 26.4 Å². The van der Waals surface area contributed by atoms with Gasteiger partial charge in [-0.3, -0.25) is 4.79 Å². The number of carbonyl (C=O) groups excluding carboxylic acids is 1. The average Bonchev–Trinajstić information content (AvgIpc) is 3.05. The van der Waals surface area contributed by atoms with Gasteiger partial charge in [-0.05, 0) is 25.8 Å². The molecule has 2 atom stereocenters. The van der Waals surface area contributed by atoms with E-state index in [4.69, 9.17) is 5.73 Å². The largest absolute Gasteiger partial charge is 0.397 e. The number of fused-ring (bicyclic) bond motifs is 1. The molecule has 5 heteroatoms. The number of carbonyl (C=O) groups is 1. The van der Waals surface area contributed by atoms with Gasteiger partial charge < -0.3 is 15.7 Å². The van der Waals surface area contributed by atoms with Crippen LogP contribution in [0.15, 0.2) is 18.2 Å². The first-order valence-electron chi connectivity index (χ1n) is 7.24. The highest BCUT2D eigenvalue weighted by Gasteiger charge is 2.31. The molecule has 0 spiro atoms. The van der Waals surface area contributed by atoms with Crippen LogP contribution >= 0.6 is 11.3 Å². The fourth-order valence-corrected chi connectivity index (χ4v) is 4.10. The summed E-state index contributed by atoms with van der Waals surface area (Å²) < 4.78 is 1.09. The summed E-state index contributed by atoms with van der Waals surface area (Å²) in [5.41, 5.74) is 7.92. The highest BCUT2D eigenvalue weighted by molar-refractivity contribution is 7.21. The van der Waals surface area contributed by atoms with Gasteiger partial charge >= 0.3 is 0 Å². The van der Waals surface area contributed by atoms with Crippen LogP contribution in [0.1, 0.15) is 28.6 Å². The van der Waals surface area contributed by atoms with Crippen molar-refractivity contribution in [1.82, 2.24) is 4.90 Å². The Balaban J connectivity index is 1.92. The lowest BCUT2D eigenvalue weighted by molar-refractivity contribution is 0.0768. The van der Waals surface area contributed by atoms with Crippen molar-refractivity contribution < 1.29 is 9.90 Å². The molecule has 0 aliphatic carbocycles. The van der Waals surface area contributed by atoms with Crippen molar-refractivity contribution in [3.05, 3.63) is 28.6 Å². The van der Waals surface area contributed by atoms with Gasteiger partial charge in [0.2, 0.25) is 0 Å². The maximum atomic E-state index is 12.7. The van der Waals surface area contributed by atoms with Gasteiger partial charge in [0.15, 0.2) is 0 Å². The third-order valence-corrected chi connectivity index (χ3v) is 5.68. The van der Waals surface area contributed by atoms with Crippen molar-refractivity contribution in [2.75, 3.05) is 18.8 Å². The van der Waals surface area contributed by atoms with Crippen molar-refractivity contribution in [3.63, 3.8) is 0 Å². The zero-order valence-electron chi connectivity index (χ0n) is 12.3. The second-order valence-corrected chi connectivity index (χ2v) is 6.86. The van der Waals surface area contributed by atoms with Gasteiger partial charge in [0.1, 0.15) is 4.88 Å². The standard InChI is InChI=1S/C16H20N2O2S/c1-9-4-3-5-12-13(17)15(21-14(9)12)16(20)18-7-6-11(8-18)10(2)19/h3-5,10-11,19H,6-8,17H2,1-2H3. The zero-order chi connectivity index (χ0) is 15.1. The Morgan fingerprint density at radius 3 is 2.90 bits per heavy atom. The lowest BCUT2D eigenvalue weighted by atomic mass is 10.0. The minimum atomic E-state index is -0.371. The van der Waals surface area contributed by atoms with Crippen LogP contribution in [0, 0.1) is 12.8 Å². The molecule has 1 aliphatic heterocycles. The first-order valence-corrected chi connectivity index (χ1v) is 8.05. The van der Waals surface area contributed by atoms with E-state index in [1.165, 1.54) is 11.3 Å². The Morgan fingerprint density at radius 2 is 2.29 bits per heavy atom. The lowest BCUT2D eigenvalue weighted by Gasteiger charge is -2.17. The van der Waals surface area contributed by atoms with Gasteiger partial charge in [-0.2, -0.15) is 0 Å². The van der Waals surface area contributed by atoms with Crippen molar-refractivity contribution in [1.29, 1.82) is 0 Å². The van der Waals surface area contributed by atoms with Crippen LogP contribution in [-0.2, 0) is 0 Å². The number of rotatable bonds is 2. The number of aryl methyl sites for hydroxylation is 1. The van der Waals surface area contributed by atoms with Gasteiger partial charge in [0.25, 0.3) is 5.91 Å². The van der Waals surface area contributed by atoms with Crippen LogP contribution in [0.4, 0.5) is 5.69 Å². The van der Waals surface area contributed by atoms with E-state index in [0.717, 1.165) is 22.1 Å². The minimum Gasteiger partial charge on any atom is -0.397 e. The highest BCUT2D eigenvalue weighted by atomic mass is 32.1. The molecule has 2 unspecified atom stereocenters. The molecule has 1 amide bonds. The molecule has 1 fully saturated rings. The molecular formula is C16H20N2O2S. The number of amides is 1. The second kappa shape index (κ2) is 5.31. The summed E-state index contributed by atoms with van der Waals surface area (Å²) in [5.74, 6) is 0.169. The summed E-state index contributed by atoms with van der Waals surface area (Å²) in [6.07, 6.45) is 0.484. The average molecular weight is 304 g/mol. The normalized spacial score (nSPS) is 20.1. The molecule has 21 heavy (non-hydrogen) atoms. The van der Waals surface area contributed by atoms with E-state index in [1.807, 2.05) is 30.0 Å². The molecule has 0 saturated carbocycles. The van der Waals surface area contributed by atoms with Crippen molar-refractivity contribution >= 4 is 33.0 Å². The van der Waals surface area contributed by atoms with E-state index in [9.17, 15) is 9.90 Å². The lowest BCUT2D eigenvalue weighted by Crippen LogP contribution is -2.30. The number of hydrogen-bond acceptors (Lipinski definition) is 4. The number of nitrogens with zero attached hydrogens (tertiary/aromatic N) is 1. The van der Waals surface area contributed by atoms with E-state index in [2.05, 4.69) is 0 Å². The van der Waals surface area contributed by atoms with Gasteiger partial charge in [-0.1, -0.05) is 18.2 Å². The topological polar surface area (TPSA) is 66.6 Å². The van der Waals surface area contributed by atoms with Gasteiger partial charge in [-0.15, -0.1) is 11.3 Å². The predicted molar refractivity (Wildman–Crippen MR) is 86.7 cm³/mol. The summed E-state index contributed by atoms with van der Waals surface area (Å²) >= 11 is 1.48. The molecule has 0 radical (unpaired) electrons. The molecule has 3 rings (SSSR count). The van der Waals surface area contributed by atoms with Crippen LogP contribution in [-0.4, -0.2) is 35.1 Å². The zero-order valence-corrected chi connectivity index (χ0v) is 13.1. The minimum absolute atomic E-state index is 0.00347. The van der Waals surface area contributed by atoms with Crippen LogP contribution in [0.3, 0.4) is 0 Å². The molecule has 3 N–H and O–H groups in total. The Kier molecular flexibility index (Phi) is 3.63. The summed E-state index contributed by atoms with van der Waals surface area (Å²) in [4.78, 5) is 15.1. The number of aliphatic hydroxyl groups excluding tert-OH is 1. The molecule has 2 heterocycles. The number of nitrogens with two attached hydrogens (primary N) is 1. The van der Waals surface area contributed by atoms with E-state index < -0.39 is 0 Å². The Labute approximate surface area is 128 Å². The molecule has 4 nitrogen and oxygen atoms in total. The van der Waals surface area contributed by atoms with Crippen molar-refractivity contribution in [3.8, 4) is 0 Å². The quantitative estimate of drug-likeness (QED) is 0.896. The van der Waals surface area contributed by atoms with Gasteiger partial charge in [0, 0.05) is 29.1 Å². The van der Waals surface area contributed by atoms with E-state index in [0.29, 0.717) is 23.7 Å². The SMILES string of the molecule is Cc1cccc2c(N)c(C(=O)N3CCC(C(C)O)C3)sc12. The third kappa shape index (κ3) is 2.40. The number of benzene rings is 1. The Hall–Kier alpha value is -1.59. The number of nitrogen functional groups attached to an aromatic ring is 1. The molecule has 1 aromatic heterocycles. The Morgan fingerprint density at radius 1 is 1.52 bits per heavy atom. The molecule has 2 aromatic rings. The van der Waals surface area contributed by atoms with Crippen LogP contribution < -0.4 is 5.73 Å². The Bertz CT molecular complexity index is 693. The second-order valence-electron chi connectivity index (χ2n) is 5.84.